The highest BCUT2D eigenvalue weighted by Gasteiger charge is 2.10. The van der Waals surface area contributed by atoms with Crippen LogP contribution in [0.25, 0.3) is 0 Å². The molecule has 0 aromatic heterocycles. The predicted molar refractivity (Wildman–Crippen MR) is 108 cm³/mol. The van der Waals surface area contributed by atoms with Gasteiger partial charge in [0.15, 0.2) is 11.5 Å². The zero-order valence-electron chi connectivity index (χ0n) is 14.7. The molecule has 0 amide bonds. The first-order chi connectivity index (χ1) is 12.1. The minimum Gasteiger partial charge on any atom is -0.493 e. The summed E-state index contributed by atoms with van der Waals surface area (Å²) in [6.07, 6.45) is 0.902. The van der Waals surface area contributed by atoms with E-state index in [0.29, 0.717) is 6.61 Å². The standard InChI is InChI=1S/C19H23Br2NO3/c1-4-25-19-14(10-15(20)11-16(19)21)12-22-8-7-13-5-6-17(23-2)18(9-13)24-3/h5-6,9-11,22H,4,7-8,12H2,1-3H3. The van der Waals surface area contributed by atoms with Gasteiger partial charge in [-0.1, -0.05) is 22.0 Å². The molecule has 25 heavy (non-hydrogen) atoms. The van der Waals surface area contributed by atoms with E-state index in [4.69, 9.17) is 14.2 Å². The molecule has 0 spiro atoms. The van der Waals surface area contributed by atoms with Crippen LogP contribution in [0.1, 0.15) is 18.1 Å². The summed E-state index contributed by atoms with van der Waals surface area (Å²) in [6.45, 7) is 4.22. The summed E-state index contributed by atoms with van der Waals surface area (Å²) in [4.78, 5) is 0. The van der Waals surface area contributed by atoms with Gasteiger partial charge in [0, 0.05) is 16.6 Å². The lowest BCUT2D eigenvalue weighted by Gasteiger charge is -2.14. The second-order valence-corrected chi connectivity index (χ2v) is 7.19. The van der Waals surface area contributed by atoms with Crippen molar-refractivity contribution in [1.82, 2.24) is 5.32 Å². The van der Waals surface area contributed by atoms with Gasteiger partial charge in [-0.05, 0) is 65.6 Å². The average Bonchev–Trinajstić information content (AvgIpc) is 2.61. The third kappa shape index (κ3) is 5.62. The van der Waals surface area contributed by atoms with Gasteiger partial charge >= 0.3 is 0 Å². The molecular formula is C19H23Br2NO3. The number of benzene rings is 2. The van der Waals surface area contributed by atoms with Crippen LogP contribution in [0, 0.1) is 0 Å². The largest absolute Gasteiger partial charge is 0.493 e. The van der Waals surface area contributed by atoms with Gasteiger partial charge in [0.05, 0.1) is 25.3 Å². The molecule has 6 heteroatoms. The third-order valence-electron chi connectivity index (χ3n) is 3.73. The summed E-state index contributed by atoms with van der Waals surface area (Å²) in [6, 6.07) is 10.1. The number of rotatable bonds is 9. The first kappa shape index (κ1) is 20.1. The quantitative estimate of drug-likeness (QED) is 0.523. The minimum absolute atomic E-state index is 0.638. The first-order valence-electron chi connectivity index (χ1n) is 8.11. The number of ether oxygens (including phenoxy) is 3. The van der Waals surface area contributed by atoms with Crippen molar-refractivity contribution in [3.63, 3.8) is 0 Å². The van der Waals surface area contributed by atoms with Gasteiger partial charge in [-0.15, -0.1) is 0 Å². The van der Waals surface area contributed by atoms with Gasteiger partial charge in [-0.2, -0.15) is 0 Å². The molecule has 136 valence electrons. The normalized spacial score (nSPS) is 10.6. The lowest BCUT2D eigenvalue weighted by molar-refractivity contribution is 0.333. The van der Waals surface area contributed by atoms with Crippen LogP contribution in [0.2, 0.25) is 0 Å². The van der Waals surface area contributed by atoms with Gasteiger partial charge in [0.25, 0.3) is 0 Å². The Morgan fingerprint density at radius 2 is 1.76 bits per heavy atom. The third-order valence-corrected chi connectivity index (χ3v) is 4.77. The topological polar surface area (TPSA) is 39.7 Å². The summed E-state index contributed by atoms with van der Waals surface area (Å²) >= 11 is 7.10. The van der Waals surface area contributed by atoms with Gasteiger partial charge in [0.1, 0.15) is 5.75 Å². The lowest BCUT2D eigenvalue weighted by Crippen LogP contribution is -2.17. The second kappa shape index (κ2) is 10.0. The molecule has 0 aliphatic rings. The molecule has 0 saturated carbocycles. The number of methoxy groups -OCH3 is 2. The molecule has 0 fully saturated rings. The summed E-state index contributed by atoms with van der Waals surface area (Å²) in [5, 5.41) is 3.48. The smallest absolute Gasteiger partial charge is 0.160 e. The van der Waals surface area contributed by atoms with E-state index in [2.05, 4.69) is 49.3 Å². The lowest BCUT2D eigenvalue weighted by atomic mass is 10.1. The predicted octanol–water partition coefficient (Wildman–Crippen LogP) is 4.96. The van der Waals surface area contributed by atoms with Crippen molar-refractivity contribution >= 4 is 31.9 Å². The van der Waals surface area contributed by atoms with Crippen LogP contribution in [0.5, 0.6) is 17.2 Å². The molecule has 0 bridgehead atoms. The zero-order valence-corrected chi connectivity index (χ0v) is 17.9. The molecule has 0 heterocycles. The van der Waals surface area contributed by atoms with E-state index in [9.17, 15) is 0 Å². The number of hydrogen-bond acceptors (Lipinski definition) is 4. The van der Waals surface area contributed by atoms with Crippen LogP contribution < -0.4 is 19.5 Å². The van der Waals surface area contributed by atoms with E-state index < -0.39 is 0 Å². The highest BCUT2D eigenvalue weighted by Crippen LogP contribution is 2.33. The fourth-order valence-electron chi connectivity index (χ4n) is 2.54. The molecule has 0 unspecified atom stereocenters. The molecule has 0 saturated heterocycles. The van der Waals surface area contributed by atoms with Crippen molar-refractivity contribution in [2.24, 2.45) is 0 Å². The molecule has 0 aliphatic heterocycles. The number of hydrogen-bond donors (Lipinski definition) is 1. The maximum atomic E-state index is 5.76. The van der Waals surface area contributed by atoms with Crippen LogP contribution in [-0.2, 0) is 13.0 Å². The van der Waals surface area contributed by atoms with Crippen LogP contribution in [0.15, 0.2) is 39.3 Å². The van der Waals surface area contributed by atoms with Gasteiger partial charge < -0.3 is 19.5 Å². The molecule has 0 aliphatic carbocycles. The molecule has 1 N–H and O–H groups in total. The molecule has 0 atom stereocenters. The minimum atomic E-state index is 0.638. The van der Waals surface area contributed by atoms with Gasteiger partial charge in [-0.3, -0.25) is 0 Å². The Hall–Kier alpha value is -1.24. The Kier molecular flexibility index (Phi) is 8.06. The van der Waals surface area contributed by atoms with Crippen molar-refractivity contribution in [1.29, 1.82) is 0 Å². The van der Waals surface area contributed by atoms with E-state index >= 15 is 0 Å². The van der Waals surface area contributed by atoms with E-state index in [1.807, 2.05) is 25.1 Å². The van der Waals surface area contributed by atoms with Crippen molar-refractivity contribution in [2.45, 2.75) is 19.9 Å². The first-order valence-corrected chi connectivity index (χ1v) is 9.70. The molecule has 4 nitrogen and oxygen atoms in total. The molecule has 2 rings (SSSR count). The van der Waals surface area contributed by atoms with Crippen molar-refractivity contribution < 1.29 is 14.2 Å². The van der Waals surface area contributed by atoms with E-state index in [0.717, 1.165) is 51.3 Å². The van der Waals surface area contributed by atoms with Gasteiger partial charge in [-0.25, -0.2) is 0 Å². The molecule has 0 radical (unpaired) electrons. The highest BCUT2D eigenvalue weighted by atomic mass is 79.9. The molecule has 2 aromatic rings. The SMILES string of the molecule is CCOc1c(Br)cc(Br)cc1CNCCc1ccc(OC)c(OC)c1. The Morgan fingerprint density at radius 3 is 2.44 bits per heavy atom. The Labute approximate surface area is 166 Å². The van der Waals surface area contributed by atoms with Crippen molar-refractivity contribution in [3.05, 3.63) is 50.4 Å². The fraction of sp³-hybridized carbons (Fsp3) is 0.368. The summed E-state index contributed by atoms with van der Waals surface area (Å²) in [5.41, 5.74) is 2.32. The summed E-state index contributed by atoms with van der Waals surface area (Å²) < 4.78 is 18.4. The van der Waals surface area contributed by atoms with E-state index in [-0.39, 0.29) is 0 Å². The Morgan fingerprint density at radius 1 is 1.00 bits per heavy atom. The van der Waals surface area contributed by atoms with Crippen LogP contribution in [0.3, 0.4) is 0 Å². The van der Waals surface area contributed by atoms with Crippen LogP contribution >= 0.6 is 31.9 Å². The summed E-state index contributed by atoms with van der Waals surface area (Å²) in [5.74, 6) is 2.40. The van der Waals surface area contributed by atoms with Gasteiger partial charge in [0.2, 0.25) is 0 Å². The van der Waals surface area contributed by atoms with E-state index in [1.165, 1.54) is 5.56 Å². The second-order valence-electron chi connectivity index (χ2n) is 5.42. The average molecular weight is 473 g/mol. The Balaban J connectivity index is 1.95. The monoisotopic (exact) mass is 471 g/mol. The molecule has 2 aromatic carbocycles. The molecular weight excluding hydrogens is 450 g/mol. The van der Waals surface area contributed by atoms with Crippen molar-refractivity contribution in [3.8, 4) is 17.2 Å². The van der Waals surface area contributed by atoms with Crippen molar-refractivity contribution in [2.75, 3.05) is 27.4 Å². The Bertz CT molecular complexity index is 707. The number of halogens is 2. The maximum Gasteiger partial charge on any atom is 0.160 e. The fourth-order valence-corrected chi connectivity index (χ4v) is 3.97. The van der Waals surface area contributed by atoms with E-state index in [1.54, 1.807) is 14.2 Å². The van der Waals surface area contributed by atoms with Crippen LogP contribution in [-0.4, -0.2) is 27.4 Å². The maximum absolute atomic E-state index is 5.76. The van der Waals surface area contributed by atoms with Crippen LogP contribution in [0.4, 0.5) is 0 Å². The zero-order chi connectivity index (χ0) is 18.2. The highest BCUT2D eigenvalue weighted by molar-refractivity contribution is 9.11. The summed E-state index contributed by atoms with van der Waals surface area (Å²) in [7, 11) is 3.30. The number of nitrogens with one attached hydrogen (secondary N) is 1.